The number of benzene rings is 1. The fourth-order valence-corrected chi connectivity index (χ4v) is 2.53. The van der Waals surface area contributed by atoms with Crippen molar-refractivity contribution < 1.29 is 4.74 Å². The zero-order valence-corrected chi connectivity index (χ0v) is 13.2. The summed E-state index contributed by atoms with van der Waals surface area (Å²) in [5.41, 5.74) is 7.96. The number of nitrogens with two attached hydrogens (primary N) is 1. The second-order valence-electron chi connectivity index (χ2n) is 5.26. The first kappa shape index (κ1) is 15.5. The Labute approximate surface area is 118 Å². The predicted octanol–water partition coefficient (Wildman–Crippen LogP) is 3.31. The number of nitrogens with one attached hydrogen (secondary N) is 1. The molecule has 1 rings (SSSR count). The van der Waals surface area contributed by atoms with Gasteiger partial charge in [0.15, 0.2) is 0 Å². The van der Waals surface area contributed by atoms with Gasteiger partial charge in [-0.05, 0) is 51.0 Å². The van der Waals surface area contributed by atoms with Crippen LogP contribution >= 0.6 is 15.9 Å². The number of methoxy groups -OCH3 is 1. The summed E-state index contributed by atoms with van der Waals surface area (Å²) >= 11 is 3.50. The predicted molar refractivity (Wildman–Crippen MR) is 81.0 cm³/mol. The Morgan fingerprint density at radius 1 is 1.39 bits per heavy atom. The molecule has 1 aromatic rings. The average Bonchev–Trinajstić information content (AvgIpc) is 2.26. The summed E-state index contributed by atoms with van der Waals surface area (Å²) in [5, 5.41) is 3.47. The summed E-state index contributed by atoms with van der Waals surface area (Å²) in [6.45, 7) is 6.80. The highest BCUT2D eigenvalue weighted by atomic mass is 79.9. The molecule has 0 aromatic heterocycles. The minimum atomic E-state index is -0.169. The van der Waals surface area contributed by atoms with Crippen LogP contribution in [0.25, 0.3) is 0 Å². The van der Waals surface area contributed by atoms with Crippen LogP contribution in [-0.2, 0) is 4.74 Å². The zero-order valence-electron chi connectivity index (χ0n) is 11.6. The van der Waals surface area contributed by atoms with E-state index in [1.165, 1.54) is 5.56 Å². The standard InChI is InChI=1S/C14H23BrN2O/c1-10-5-11(15)7-12(6-10)17-13(9-16)8-14(2,3)18-4/h5-7,13,17H,8-9,16H2,1-4H3. The number of rotatable bonds is 6. The van der Waals surface area contributed by atoms with Crippen LogP contribution in [-0.4, -0.2) is 25.3 Å². The minimum absolute atomic E-state index is 0.169. The Balaban J connectivity index is 2.73. The molecule has 1 atom stereocenters. The molecule has 0 fully saturated rings. The van der Waals surface area contributed by atoms with Crippen LogP contribution in [0.4, 0.5) is 5.69 Å². The summed E-state index contributed by atoms with van der Waals surface area (Å²) in [6, 6.07) is 6.47. The van der Waals surface area contributed by atoms with Gasteiger partial charge in [0, 0.05) is 29.9 Å². The Morgan fingerprint density at radius 2 is 2.06 bits per heavy atom. The molecule has 0 aliphatic heterocycles. The van der Waals surface area contributed by atoms with E-state index in [0.717, 1.165) is 16.6 Å². The van der Waals surface area contributed by atoms with E-state index in [0.29, 0.717) is 6.54 Å². The lowest BCUT2D eigenvalue weighted by Gasteiger charge is -2.29. The highest BCUT2D eigenvalue weighted by molar-refractivity contribution is 9.10. The number of aryl methyl sites for hydroxylation is 1. The molecular formula is C14H23BrN2O. The van der Waals surface area contributed by atoms with Gasteiger partial charge in [0.25, 0.3) is 0 Å². The Kier molecular flexibility index (Phi) is 5.63. The van der Waals surface area contributed by atoms with Crippen molar-refractivity contribution in [2.24, 2.45) is 5.73 Å². The molecule has 1 aromatic carbocycles. The minimum Gasteiger partial charge on any atom is -0.381 e. The molecule has 3 N–H and O–H groups in total. The summed E-state index contributed by atoms with van der Waals surface area (Å²) in [4.78, 5) is 0. The fraction of sp³-hybridized carbons (Fsp3) is 0.571. The molecule has 0 amide bonds. The van der Waals surface area contributed by atoms with E-state index in [2.05, 4.69) is 60.2 Å². The Bertz CT molecular complexity index is 373. The van der Waals surface area contributed by atoms with E-state index < -0.39 is 0 Å². The molecule has 18 heavy (non-hydrogen) atoms. The molecule has 0 saturated carbocycles. The molecule has 102 valence electrons. The van der Waals surface area contributed by atoms with Gasteiger partial charge in [-0.15, -0.1) is 0 Å². The third-order valence-electron chi connectivity index (χ3n) is 2.99. The summed E-state index contributed by atoms with van der Waals surface area (Å²) in [7, 11) is 1.73. The lowest BCUT2D eigenvalue weighted by atomic mass is 9.98. The van der Waals surface area contributed by atoms with Crippen LogP contribution in [0.3, 0.4) is 0 Å². The third kappa shape index (κ3) is 4.96. The number of halogens is 1. The van der Waals surface area contributed by atoms with Gasteiger partial charge >= 0.3 is 0 Å². The highest BCUT2D eigenvalue weighted by Gasteiger charge is 2.22. The highest BCUT2D eigenvalue weighted by Crippen LogP contribution is 2.22. The third-order valence-corrected chi connectivity index (χ3v) is 3.45. The van der Waals surface area contributed by atoms with Crippen molar-refractivity contribution in [3.8, 4) is 0 Å². The maximum Gasteiger partial charge on any atom is 0.0642 e. The molecule has 1 unspecified atom stereocenters. The van der Waals surface area contributed by atoms with Gasteiger partial charge in [0.2, 0.25) is 0 Å². The molecule has 0 aliphatic carbocycles. The first-order valence-corrected chi connectivity index (χ1v) is 6.94. The number of ether oxygens (including phenoxy) is 1. The maximum atomic E-state index is 5.83. The quantitative estimate of drug-likeness (QED) is 0.846. The van der Waals surface area contributed by atoms with Crippen LogP contribution in [0.1, 0.15) is 25.8 Å². The van der Waals surface area contributed by atoms with Crippen LogP contribution in [0, 0.1) is 6.92 Å². The first-order valence-electron chi connectivity index (χ1n) is 6.15. The Morgan fingerprint density at radius 3 is 2.56 bits per heavy atom. The van der Waals surface area contributed by atoms with Crippen molar-refractivity contribution in [1.82, 2.24) is 0 Å². The first-order chi connectivity index (χ1) is 8.36. The number of hydrogen-bond acceptors (Lipinski definition) is 3. The van der Waals surface area contributed by atoms with Crippen LogP contribution < -0.4 is 11.1 Å². The van der Waals surface area contributed by atoms with Crippen LogP contribution in [0.15, 0.2) is 22.7 Å². The number of hydrogen-bond donors (Lipinski definition) is 2. The van der Waals surface area contributed by atoms with Crippen molar-refractivity contribution in [1.29, 1.82) is 0 Å². The molecule has 0 spiro atoms. The van der Waals surface area contributed by atoms with Gasteiger partial charge in [-0.2, -0.15) is 0 Å². The van der Waals surface area contributed by atoms with E-state index in [4.69, 9.17) is 10.5 Å². The summed E-state index contributed by atoms with van der Waals surface area (Å²) in [6.07, 6.45) is 0.867. The van der Waals surface area contributed by atoms with Crippen molar-refractivity contribution >= 4 is 21.6 Å². The number of anilines is 1. The molecule has 3 nitrogen and oxygen atoms in total. The van der Waals surface area contributed by atoms with E-state index in [9.17, 15) is 0 Å². The SMILES string of the molecule is COC(C)(C)CC(CN)Nc1cc(C)cc(Br)c1. The second-order valence-corrected chi connectivity index (χ2v) is 6.18. The van der Waals surface area contributed by atoms with Crippen molar-refractivity contribution in [2.75, 3.05) is 19.0 Å². The molecular weight excluding hydrogens is 292 g/mol. The van der Waals surface area contributed by atoms with E-state index >= 15 is 0 Å². The largest absolute Gasteiger partial charge is 0.381 e. The fourth-order valence-electron chi connectivity index (χ4n) is 1.93. The second kappa shape index (κ2) is 6.55. The zero-order chi connectivity index (χ0) is 13.8. The smallest absolute Gasteiger partial charge is 0.0642 e. The molecule has 0 radical (unpaired) electrons. The lowest BCUT2D eigenvalue weighted by Crippen LogP contribution is -2.37. The molecule has 4 heteroatoms. The molecule has 0 aliphatic rings. The van der Waals surface area contributed by atoms with Gasteiger partial charge < -0.3 is 15.8 Å². The van der Waals surface area contributed by atoms with Crippen molar-refractivity contribution in [3.63, 3.8) is 0 Å². The van der Waals surface area contributed by atoms with Gasteiger partial charge in [-0.25, -0.2) is 0 Å². The lowest BCUT2D eigenvalue weighted by molar-refractivity contribution is 0.0122. The Hall–Kier alpha value is -0.580. The normalized spacial score (nSPS) is 13.4. The topological polar surface area (TPSA) is 47.3 Å². The van der Waals surface area contributed by atoms with E-state index in [1.807, 2.05) is 0 Å². The van der Waals surface area contributed by atoms with E-state index in [-0.39, 0.29) is 11.6 Å². The van der Waals surface area contributed by atoms with Crippen LogP contribution in [0.5, 0.6) is 0 Å². The van der Waals surface area contributed by atoms with Gasteiger partial charge in [0.1, 0.15) is 0 Å². The molecule has 0 bridgehead atoms. The summed E-state index contributed by atoms with van der Waals surface area (Å²) in [5.74, 6) is 0. The van der Waals surface area contributed by atoms with Gasteiger partial charge in [-0.3, -0.25) is 0 Å². The van der Waals surface area contributed by atoms with Crippen molar-refractivity contribution in [3.05, 3.63) is 28.2 Å². The molecule has 0 saturated heterocycles. The maximum absolute atomic E-state index is 5.83. The molecule has 0 heterocycles. The summed E-state index contributed by atoms with van der Waals surface area (Å²) < 4.78 is 6.53. The monoisotopic (exact) mass is 314 g/mol. The van der Waals surface area contributed by atoms with Crippen molar-refractivity contribution in [2.45, 2.75) is 38.8 Å². The van der Waals surface area contributed by atoms with Crippen LogP contribution in [0.2, 0.25) is 0 Å². The average molecular weight is 315 g/mol. The van der Waals surface area contributed by atoms with Gasteiger partial charge in [0.05, 0.1) is 5.60 Å². The van der Waals surface area contributed by atoms with E-state index in [1.54, 1.807) is 7.11 Å². The van der Waals surface area contributed by atoms with Gasteiger partial charge in [-0.1, -0.05) is 15.9 Å².